The van der Waals surface area contributed by atoms with Crippen LogP contribution in [0.2, 0.25) is 0 Å². The fraction of sp³-hybridized carbons (Fsp3) is 0.625. The number of nitrogens with zero attached hydrogens (tertiary/aromatic N) is 1. The summed E-state index contributed by atoms with van der Waals surface area (Å²) in [7, 11) is 1.58. The Bertz CT molecular complexity index is 452. The Morgan fingerprint density at radius 3 is 2.65 bits per heavy atom. The van der Waals surface area contributed by atoms with Crippen molar-refractivity contribution in [1.29, 1.82) is 0 Å². The van der Waals surface area contributed by atoms with Gasteiger partial charge in [0.1, 0.15) is 0 Å². The second-order valence-electron chi connectivity index (χ2n) is 5.89. The summed E-state index contributed by atoms with van der Waals surface area (Å²) in [6.07, 6.45) is 5.22. The van der Waals surface area contributed by atoms with Crippen LogP contribution in [0, 0.1) is 0 Å². The van der Waals surface area contributed by atoms with Crippen LogP contribution in [0.3, 0.4) is 0 Å². The van der Waals surface area contributed by atoms with Gasteiger partial charge in [-0.05, 0) is 44.8 Å². The smallest absolute Gasteiger partial charge is 0.162 e. The maximum Gasteiger partial charge on any atom is 0.162 e. The van der Waals surface area contributed by atoms with Crippen LogP contribution in [-0.4, -0.2) is 42.3 Å². The van der Waals surface area contributed by atoms with Gasteiger partial charge >= 0.3 is 0 Å². The minimum atomic E-state index is 0.262. The molecule has 2 fully saturated rings. The Hall–Kier alpha value is -1.26. The Morgan fingerprint density at radius 2 is 2.00 bits per heavy atom. The van der Waals surface area contributed by atoms with E-state index in [0.717, 1.165) is 11.6 Å². The normalized spacial score (nSPS) is 21.1. The van der Waals surface area contributed by atoms with Gasteiger partial charge in [0.05, 0.1) is 7.11 Å². The van der Waals surface area contributed by atoms with Crippen LogP contribution < -0.4 is 10.1 Å². The molecule has 1 aromatic rings. The SMILES string of the molecule is COc1cccc(CNC2CCN(C3CC3)CC2)c1O. The second kappa shape index (κ2) is 6.02. The molecule has 1 aliphatic heterocycles. The third-order valence-electron chi connectivity index (χ3n) is 4.48. The summed E-state index contributed by atoms with van der Waals surface area (Å²) in [5.41, 5.74) is 0.911. The molecule has 2 N–H and O–H groups in total. The fourth-order valence-electron chi connectivity index (χ4n) is 3.04. The number of methoxy groups -OCH3 is 1. The molecule has 1 aliphatic carbocycles. The highest BCUT2D eigenvalue weighted by Gasteiger charge is 2.31. The summed E-state index contributed by atoms with van der Waals surface area (Å²) in [5.74, 6) is 0.811. The van der Waals surface area contributed by atoms with Gasteiger partial charge in [-0.25, -0.2) is 0 Å². The van der Waals surface area contributed by atoms with Crippen LogP contribution >= 0.6 is 0 Å². The highest BCUT2D eigenvalue weighted by molar-refractivity contribution is 5.45. The molecule has 0 aromatic heterocycles. The zero-order valence-electron chi connectivity index (χ0n) is 12.1. The second-order valence-corrected chi connectivity index (χ2v) is 5.89. The van der Waals surface area contributed by atoms with Gasteiger partial charge in [0.2, 0.25) is 0 Å². The summed E-state index contributed by atoms with van der Waals surface area (Å²) in [4.78, 5) is 2.63. The van der Waals surface area contributed by atoms with Crippen molar-refractivity contribution in [2.45, 2.75) is 44.3 Å². The van der Waals surface area contributed by atoms with E-state index in [1.54, 1.807) is 13.2 Å². The van der Waals surface area contributed by atoms with Gasteiger partial charge in [-0.1, -0.05) is 12.1 Å². The molecule has 0 radical (unpaired) electrons. The van der Waals surface area contributed by atoms with E-state index in [0.29, 0.717) is 18.3 Å². The Labute approximate surface area is 120 Å². The van der Waals surface area contributed by atoms with Crippen molar-refractivity contribution in [3.63, 3.8) is 0 Å². The molecule has 1 saturated heterocycles. The first-order valence-corrected chi connectivity index (χ1v) is 7.60. The molecule has 4 nitrogen and oxygen atoms in total. The van der Waals surface area contributed by atoms with E-state index in [9.17, 15) is 5.11 Å². The van der Waals surface area contributed by atoms with Crippen LogP contribution in [0.4, 0.5) is 0 Å². The van der Waals surface area contributed by atoms with Gasteiger partial charge in [-0.15, -0.1) is 0 Å². The number of phenols is 1. The molecule has 0 atom stereocenters. The molecule has 0 bridgehead atoms. The molecule has 20 heavy (non-hydrogen) atoms. The molecular weight excluding hydrogens is 252 g/mol. The van der Waals surface area contributed by atoms with Crippen LogP contribution in [0.5, 0.6) is 11.5 Å². The largest absolute Gasteiger partial charge is 0.504 e. The molecule has 1 saturated carbocycles. The van der Waals surface area contributed by atoms with Crippen molar-refractivity contribution in [2.75, 3.05) is 20.2 Å². The van der Waals surface area contributed by atoms with Gasteiger partial charge in [0.15, 0.2) is 11.5 Å². The predicted molar refractivity (Wildman–Crippen MR) is 79.1 cm³/mol. The third-order valence-corrected chi connectivity index (χ3v) is 4.48. The number of para-hydroxylation sites is 1. The maximum atomic E-state index is 10.1. The van der Waals surface area contributed by atoms with Crippen molar-refractivity contribution >= 4 is 0 Å². The lowest BCUT2D eigenvalue weighted by Gasteiger charge is -2.32. The van der Waals surface area contributed by atoms with E-state index in [-0.39, 0.29) is 5.75 Å². The standard InChI is InChI=1S/C16H24N2O2/c1-20-15-4-2-3-12(16(15)19)11-17-13-7-9-18(10-8-13)14-5-6-14/h2-4,13-14,17,19H,5-11H2,1H3. The quantitative estimate of drug-likeness (QED) is 0.864. The number of aromatic hydroxyl groups is 1. The van der Waals surface area contributed by atoms with Crippen molar-refractivity contribution in [2.24, 2.45) is 0 Å². The molecule has 2 aliphatic rings. The number of benzene rings is 1. The Balaban J connectivity index is 1.50. The number of hydrogen-bond donors (Lipinski definition) is 2. The molecule has 110 valence electrons. The molecular formula is C16H24N2O2. The zero-order chi connectivity index (χ0) is 13.9. The van der Waals surface area contributed by atoms with Crippen molar-refractivity contribution in [1.82, 2.24) is 10.2 Å². The Morgan fingerprint density at radius 1 is 1.25 bits per heavy atom. The van der Waals surface area contributed by atoms with Gasteiger partial charge in [-0.3, -0.25) is 0 Å². The van der Waals surface area contributed by atoms with Gasteiger partial charge in [0.25, 0.3) is 0 Å². The first-order chi connectivity index (χ1) is 9.78. The van der Waals surface area contributed by atoms with Crippen molar-refractivity contribution in [3.8, 4) is 11.5 Å². The molecule has 0 amide bonds. The lowest BCUT2D eigenvalue weighted by atomic mass is 10.0. The lowest BCUT2D eigenvalue weighted by molar-refractivity contribution is 0.189. The monoisotopic (exact) mass is 276 g/mol. The van der Waals surface area contributed by atoms with Crippen LogP contribution in [-0.2, 0) is 6.54 Å². The average molecular weight is 276 g/mol. The van der Waals surface area contributed by atoms with Gasteiger partial charge < -0.3 is 20.1 Å². The minimum absolute atomic E-state index is 0.262. The summed E-state index contributed by atoms with van der Waals surface area (Å²) in [6, 6.07) is 7.11. The lowest BCUT2D eigenvalue weighted by Crippen LogP contribution is -2.43. The predicted octanol–water partition coefficient (Wildman–Crippen LogP) is 2.12. The first-order valence-electron chi connectivity index (χ1n) is 7.60. The number of ether oxygens (including phenoxy) is 1. The Kier molecular flexibility index (Phi) is 4.13. The van der Waals surface area contributed by atoms with E-state index >= 15 is 0 Å². The third kappa shape index (κ3) is 3.07. The number of nitrogens with one attached hydrogen (secondary N) is 1. The molecule has 0 spiro atoms. The molecule has 3 rings (SSSR count). The van der Waals surface area contributed by atoms with E-state index in [2.05, 4.69) is 10.2 Å². The zero-order valence-corrected chi connectivity index (χ0v) is 12.1. The van der Waals surface area contributed by atoms with Crippen molar-refractivity contribution in [3.05, 3.63) is 23.8 Å². The topological polar surface area (TPSA) is 44.7 Å². The molecule has 1 heterocycles. The molecule has 4 heteroatoms. The van der Waals surface area contributed by atoms with Gasteiger partial charge in [-0.2, -0.15) is 0 Å². The van der Waals surface area contributed by atoms with E-state index < -0.39 is 0 Å². The number of hydrogen-bond acceptors (Lipinski definition) is 4. The van der Waals surface area contributed by atoms with Crippen molar-refractivity contribution < 1.29 is 9.84 Å². The fourth-order valence-corrected chi connectivity index (χ4v) is 3.04. The maximum absolute atomic E-state index is 10.1. The van der Waals surface area contributed by atoms with Gasteiger partial charge in [0, 0.05) is 24.2 Å². The van der Waals surface area contributed by atoms with Crippen LogP contribution in [0.25, 0.3) is 0 Å². The summed E-state index contributed by atoms with van der Waals surface area (Å²) < 4.78 is 5.14. The molecule has 0 unspecified atom stereocenters. The number of phenolic OH excluding ortho intramolecular Hbond substituents is 1. The highest BCUT2D eigenvalue weighted by atomic mass is 16.5. The molecule has 1 aromatic carbocycles. The number of likely N-dealkylation sites (tertiary alicyclic amines) is 1. The number of rotatable bonds is 5. The van der Waals surface area contributed by atoms with E-state index in [1.165, 1.54) is 38.8 Å². The average Bonchev–Trinajstić information content (AvgIpc) is 3.31. The summed E-state index contributed by atoms with van der Waals surface area (Å²) in [5, 5.41) is 13.6. The summed E-state index contributed by atoms with van der Waals surface area (Å²) >= 11 is 0. The highest BCUT2D eigenvalue weighted by Crippen LogP contribution is 2.31. The minimum Gasteiger partial charge on any atom is -0.504 e. The van der Waals surface area contributed by atoms with Crippen LogP contribution in [0.15, 0.2) is 18.2 Å². The van der Waals surface area contributed by atoms with E-state index in [1.807, 2.05) is 12.1 Å². The van der Waals surface area contributed by atoms with E-state index in [4.69, 9.17) is 4.74 Å². The summed E-state index contributed by atoms with van der Waals surface area (Å²) in [6.45, 7) is 3.13. The number of piperidine rings is 1. The van der Waals surface area contributed by atoms with Crippen LogP contribution in [0.1, 0.15) is 31.2 Å². The first kappa shape index (κ1) is 13.7.